The van der Waals surface area contributed by atoms with Crippen LogP contribution in [0.1, 0.15) is 11.4 Å². The van der Waals surface area contributed by atoms with Crippen molar-refractivity contribution in [1.29, 1.82) is 0 Å². The van der Waals surface area contributed by atoms with Crippen LogP contribution in [0, 0.1) is 13.8 Å². The van der Waals surface area contributed by atoms with E-state index in [1.807, 2.05) is 13.8 Å². The zero-order chi connectivity index (χ0) is 9.14. The molecule has 0 aliphatic heterocycles. The molecule has 0 radical (unpaired) electrons. The van der Waals surface area contributed by atoms with Crippen LogP contribution in [-0.4, -0.2) is 15.5 Å². The Morgan fingerprint density at radius 3 is 2.83 bits per heavy atom. The van der Waals surface area contributed by atoms with Gasteiger partial charge in [0.1, 0.15) is 6.54 Å². The monoisotopic (exact) mass is 168 g/mol. The summed E-state index contributed by atoms with van der Waals surface area (Å²) in [6.45, 7) is 4.03. The summed E-state index contributed by atoms with van der Waals surface area (Å²) < 4.78 is 1.75. The number of carbonyl (C=O) groups excluding carboxylic acids is 1. The summed E-state index contributed by atoms with van der Waals surface area (Å²) >= 11 is 0. The molecule has 1 aromatic rings. The van der Waals surface area contributed by atoms with Crippen LogP contribution in [0.4, 0.5) is 0 Å². The van der Waals surface area contributed by atoms with E-state index in [0.717, 1.165) is 11.4 Å². The normalized spacial score (nSPS) is 9.92. The maximum atomic E-state index is 10.9. The van der Waals surface area contributed by atoms with Crippen molar-refractivity contribution >= 4 is 5.91 Å². The molecule has 0 spiro atoms. The van der Waals surface area contributed by atoms with E-state index in [2.05, 4.69) is 10.4 Å². The molecule has 66 valence electrons. The predicted molar refractivity (Wildman–Crippen MR) is 44.0 cm³/mol. The summed E-state index contributed by atoms with van der Waals surface area (Å²) in [5, 5.41) is 0. The molecule has 0 bridgehead atoms. The molecule has 5 heteroatoms. The van der Waals surface area contributed by atoms with Gasteiger partial charge in [-0.3, -0.25) is 10.2 Å². The number of aromatic nitrogens is 2. The first-order valence-electron chi connectivity index (χ1n) is 3.63. The third kappa shape index (κ3) is 1.62. The van der Waals surface area contributed by atoms with Crippen LogP contribution in [0.25, 0.3) is 0 Å². The number of hydrogen-bond acceptors (Lipinski definition) is 3. The van der Waals surface area contributed by atoms with Crippen LogP contribution >= 0.6 is 0 Å². The van der Waals surface area contributed by atoms with E-state index in [1.165, 1.54) is 0 Å². The summed E-state index contributed by atoms with van der Waals surface area (Å²) in [7, 11) is 0. The Morgan fingerprint density at radius 1 is 1.75 bits per heavy atom. The quantitative estimate of drug-likeness (QED) is 0.355. The van der Waals surface area contributed by atoms with Gasteiger partial charge in [0, 0.05) is 5.69 Å². The number of hydrazine groups is 1. The number of aryl methyl sites for hydroxylation is 1. The topological polar surface area (TPSA) is 72.9 Å². The standard InChI is InChI=1S/C7H12N4O/c1-5-6(2)11(4-9-5)3-7(12)10-8/h4H,3,8H2,1-2H3,(H,10,12). The Morgan fingerprint density at radius 2 is 2.42 bits per heavy atom. The fourth-order valence-electron chi connectivity index (χ4n) is 0.904. The highest BCUT2D eigenvalue weighted by Crippen LogP contribution is 2.02. The zero-order valence-corrected chi connectivity index (χ0v) is 7.16. The first-order valence-corrected chi connectivity index (χ1v) is 3.63. The van der Waals surface area contributed by atoms with E-state index in [4.69, 9.17) is 5.84 Å². The Balaban J connectivity index is 2.76. The van der Waals surface area contributed by atoms with Gasteiger partial charge in [-0.15, -0.1) is 0 Å². The maximum Gasteiger partial charge on any atom is 0.253 e. The number of amides is 1. The van der Waals surface area contributed by atoms with E-state index >= 15 is 0 Å². The zero-order valence-electron chi connectivity index (χ0n) is 7.16. The van der Waals surface area contributed by atoms with Gasteiger partial charge in [-0.25, -0.2) is 10.8 Å². The molecule has 1 heterocycles. The fourth-order valence-corrected chi connectivity index (χ4v) is 0.904. The number of imidazole rings is 1. The third-order valence-corrected chi connectivity index (χ3v) is 1.82. The molecule has 1 aromatic heterocycles. The summed E-state index contributed by atoms with van der Waals surface area (Å²) in [6.07, 6.45) is 1.62. The van der Waals surface area contributed by atoms with Crippen molar-refractivity contribution in [2.75, 3.05) is 0 Å². The summed E-state index contributed by atoms with van der Waals surface area (Å²) in [5.74, 6) is 4.72. The lowest BCUT2D eigenvalue weighted by Gasteiger charge is -2.02. The Bertz CT molecular complexity index is 292. The minimum absolute atomic E-state index is 0.225. The lowest BCUT2D eigenvalue weighted by molar-refractivity contribution is -0.121. The van der Waals surface area contributed by atoms with Gasteiger partial charge in [-0.2, -0.15) is 0 Å². The molecule has 0 aliphatic carbocycles. The van der Waals surface area contributed by atoms with Crippen molar-refractivity contribution in [2.24, 2.45) is 5.84 Å². The highest BCUT2D eigenvalue weighted by molar-refractivity contribution is 5.75. The molecule has 12 heavy (non-hydrogen) atoms. The fraction of sp³-hybridized carbons (Fsp3) is 0.429. The van der Waals surface area contributed by atoms with Gasteiger partial charge in [0.15, 0.2) is 0 Å². The molecule has 0 unspecified atom stereocenters. The van der Waals surface area contributed by atoms with Gasteiger partial charge in [0.2, 0.25) is 0 Å². The van der Waals surface area contributed by atoms with Crippen LogP contribution in [-0.2, 0) is 11.3 Å². The number of nitrogens with two attached hydrogens (primary N) is 1. The number of rotatable bonds is 2. The van der Waals surface area contributed by atoms with Gasteiger partial charge < -0.3 is 4.57 Å². The van der Waals surface area contributed by atoms with Crippen LogP contribution in [0.15, 0.2) is 6.33 Å². The van der Waals surface area contributed by atoms with Crippen molar-refractivity contribution in [3.63, 3.8) is 0 Å². The van der Waals surface area contributed by atoms with Gasteiger partial charge in [-0.1, -0.05) is 0 Å². The number of hydrogen-bond donors (Lipinski definition) is 2. The lowest BCUT2D eigenvalue weighted by Crippen LogP contribution is -2.33. The van der Waals surface area contributed by atoms with Crippen molar-refractivity contribution in [3.8, 4) is 0 Å². The second-order valence-electron chi connectivity index (χ2n) is 2.61. The minimum atomic E-state index is -0.226. The Hall–Kier alpha value is -1.36. The molecule has 3 N–H and O–H groups in total. The molecule has 0 aliphatic rings. The van der Waals surface area contributed by atoms with Crippen molar-refractivity contribution < 1.29 is 4.79 Å². The van der Waals surface area contributed by atoms with Crippen molar-refractivity contribution in [2.45, 2.75) is 20.4 Å². The smallest absolute Gasteiger partial charge is 0.253 e. The maximum absolute atomic E-state index is 10.9. The second kappa shape index (κ2) is 3.36. The summed E-state index contributed by atoms with van der Waals surface area (Å²) in [5.41, 5.74) is 3.98. The van der Waals surface area contributed by atoms with Crippen LogP contribution in [0.2, 0.25) is 0 Å². The first kappa shape index (κ1) is 8.73. The average Bonchev–Trinajstić information content (AvgIpc) is 2.36. The molecule has 0 saturated carbocycles. The van der Waals surface area contributed by atoms with E-state index in [9.17, 15) is 4.79 Å². The highest BCUT2D eigenvalue weighted by Gasteiger charge is 2.04. The van der Waals surface area contributed by atoms with E-state index in [0.29, 0.717) is 0 Å². The van der Waals surface area contributed by atoms with Gasteiger partial charge in [-0.05, 0) is 13.8 Å². The second-order valence-corrected chi connectivity index (χ2v) is 2.61. The highest BCUT2D eigenvalue weighted by atomic mass is 16.2. The number of nitrogens with one attached hydrogen (secondary N) is 1. The summed E-state index contributed by atoms with van der Waals surface area (Å²) in [4.78, 5) is 14.9. The van der Waals surface area contributed by atoms with Gasteiger partial charge in [0.25, 0.3) is 5.91 Å². The van der Waals surface area contributed by atoms with E-state index < -0.39 is 0 Å². The van der Waals surface area contributed by atoms with Gasteiger partial charge >= 0.3 is 0 Å². The van der Waals surface area contributed by atoms with Gasteiger partial charge in [0.05, 0.1) is 12.0 Å². The lowest BCUT2D eigenvalue weighted by atomic mass is 10.4. The van der Waals surface area contributed by atoms with E-state index in [-0.39, 0.29) is 12.5 Å². The Kier molecular flexibility index (Phi) is 2.44. The van der Waals surface area contributed by atoms with Crippen LogP contribution in [0.5, 0.6) is 0 Å². The molecule has 0 atom stereocenters. The molecule has 5 nitrogen and oxygen atoms in total. The first-order chi connectivity index (χ1) is 5.65. The number of carbonyl (C=O) groups is 1. The molecule has 0 fully saturated rings. The molecular formula is C7H12N4O. The largest absolute Gasteiger partial charge is 0.325 e. The molecule has 0 saturated heterocycles. The van der Waals surface area contributed by atoms with Crippen LogP contribution in [0.3, 0.4) is 0 Å². The van der Waals surface area contributed by atoms with Crippen molar-refractivity contribution in [3.05, 3.63) is 17.7 Å². The SMILES string of the molecule is Cc1ncn(CC(=O)NN)c1C. The van der Waals surface area contributed by atoms with Crippen LogP contribution < -0.4 is 11.3 Å². The molecule has 1 rings (SSSR count). The van der Waals surface area contributed by atoms with Crippen molar-refractivity contribution in [1.82, 2.24) is 15.0 Å². The molecular weight excluding hydrogens is 156 g/mol. The molecule has 0 aromatic carbocycles. The number of nitrogens with zero attached hydrogens (tertiary/aromatic N) is 2. The predicted octanol–water partition coefficient (Wildman–Crippen LogP) is -0.510. The van der Waals surface area contributed by atoms with E-state index in [1.54, 1.807) is 10.9 Å². The Labute approximate surface area is 70.6 Å². The molecule has 1 amide bonds. The minimum Gasteiger partial charge on any atom is -0.325 e. The average molecular weight is 168 g/mol. The summed E-state index contributed by atoms with van der Waals surface area (Å²) in [6, 6.07) is 0. The third-order valence-electron chi connectivity index (χ3n) is 1.82.